The van der Waals surface area contributed by atoms with Crippen molar-refractivity contribution in [2.45, 2.75) is 12.5 Å². The summed E-state index contributed by atoms with van der Waals surface area (Å²) in [7, 11) is -1.35. The summed E-state index contributed by atoms with van der Waals surface area (Å²) in [6.07, 6.45) is -0.170. The van der Waals surface area contributed by atoms with Gasteiger partial charge >= 0.3 is 5.97 Å². The van der Waals surface area contributed by atoms with Crippen LogP contribution in [-0.4, -0.2) is 54.1 Å². The van der Waals surface area contributed by atoms with Crippen LogP contribution in [0.2, 0.25) is 0 Å². The molecular weight excluding hydrogens is 288 g/mol. The normalized spacial score (nSPS) is 13.3. The lowest BCUT2D eigenvalue weighted by molar-refractivity contribution is -0.138. The average molecular weight is 304 g/mol. The van der Waals surface area contributed by atoms with Gasteiger partial charge in [0.05, 0.1) is 0 Å². The third-order valence-electron chi connectivity index (χ3n) is 2.55. The van der Waals surface area contributed by atoms with E-state index in [2.05, 4.69) is 0 Å². The van der Waals surface area contributed by atoms with Gasteiger partial charge in [-0.25, -0.2) is 0 Å². The van der Waals surface area contributed by atoms with Crippen LogP contribution in [-0.2, 0) is 21.4 Å². The van der Waals surface area contributed by atoms with E-state index < -0.39 is 28.0 Å². The Kier molecular flexibility index (Phi) is 4.93. The summed E-state index contributed by atoms with van der Waals surface area (Å²) < 4.78 is 26.1. The minimum absolute atomic E-state index is 0.170. The number of hydrogen-bond acceptors (Lipinski definition) is 5. The van der Waals surface area contributed by atoms with Crippen LogP contribution in [0.5, 0.6) is 11.5 Å². The number of hydrogen-bond donors (Lipinski definition) is 4. The maximum atomic E-state index is 11.6. The number of rotatable bonds is 6. The van der Waals surface area contributed by atoms with Crippen LogP contribution in [0.25, 0.3) is 0 Å². The maximum Gasteiger partial charge on any atom is 0.322 e. The Balaban J connectivity index is 2.93. The number of aromatic hydroxyl groups is 2. The Morgan fingerprint density at radius 1 is 1.30 bits per heavy atom. The van der Waals surface area contributed by atoms with Crippen LogP contribution in [0.4, 0.5) is 0 Å². The first kappa shape index (κ1) is 16.2. The first-order valence-corrected chi connectivity index (χ1v) is 7.01. The predicted octanol–water partition coefficient (Wildman–Crippen LogP) is -0.510. The lowest BCUT2D eigenvalue weighted by Gasteiger charge is -2.18. The zero-order chi connectivity index (χ0) is 15.5. The molecule has 20 heavy (non-hydrogen) atoms. The predicted molar refractivity (Wildman–Crippen MR) is 70.6 cm³/mol. The number of phenols is 2. The second-order valence-electron chi connectivity index (χ2n) is 4.32. The number of nitrogens with zero attached hydrogens (tertiary/aromatic N) is 1. The van der Waals surface area contributed by atoms with Gasteiger partial charge < -0.3 is 15.3 Å². The van der Waals surface area contributed by atoms with Crippen molar-refractivity contribution >= 4 is 16.2 Å². The number of carboxylic acid groups (broad SMARTS) is 1. The molecule has 1 atom stereocenters. The first-order chi connectivity index (χ1) is 9.13. The molecule has 0 heterocycles. The van der Waals surface area contributed by atoms with Crippen LogP contribution in [0.3, 0.4) is 0 Å². The van der Waals surface area contributed by atoms with Crippen molar-refractivity contribution in [1.82, 2.24) is 9.03 Å². The van der Waals surface area contributed by atoms with Gasteiger partial charge in [-0.2, -0.15) is 17.4 Å². The lowest BCUT2D eigenvalue weighted by atomic mass is 10.1. The van der Waals surface area contributed by atoms with Gasteiger partial charge in [0.1, 0.15) is 6.04 Å². The summed E-state index contributed by atoms with van der Waals surface area (Å²) in [5.74, 6) is -2.08. The molecule has 8 nitrogen and oxygen atoms in total. The van der Waals surface area contributed by atoms with Gasteiger partial charge in [-0.05, 0) is 24.1 Å². The molecule has 9 heteroatoms. The van der Waals surface area contributed by atoms with Crippen molar-refractivity contribution in [1.29, 1.82) is 0 Å². The summed E-state index contributed by atoms with van der Waals surface area (Å²) in [6, 6.07) is 2.39. The number of benzene rings is 1. The van der Waals surface area contributed by atoms with Gasteiger partial charge in [0, 0.05) is 14.1 Å². The van der Waals surface area contributed by atoms with E-state index in [1.165, 1.54) is 32.3 Å². The number of carboxylic acids is 1. The van der Waals surface area contributed by atoms with Gasteiger partial charge in [0.2, 0.25) is 0 Å². The number of aliphatic carboxylic acids is 1. The van der Waals surface area contributed by atoms with Crippen molar-refractivity contribution in [2.24, 2.45) is 0 Å². The topological polar surface area (TPSA) is 127 Å². The Morgan fingerprint density at radius 2 is 1.90 bits per heavy atom. The van der Waals surface area contributed by atoms with E-state index in [4.69, 9.17) is 10.2 Å². The van der Waals surface area contributed by atoms with E-state index in [0.717, 1.165) is 4.31 Å². The molecule has 4 N–H and O–H groups in total. The van der Waals surface area contributed by atoms with E-state index in [-0.39, 0.29) is 12.2 Å². The summed E-state index contributed by atoms with van der Waals surface area (Å²) in [5, 5.41) is 27.5. The Morgan fingerprint density at radius 3 is 2.35 bits per heavy atom. The van der Waals surface area contributed by atoms with Crippen LogP contribution in [0.15, 0.2) is 18.2 Å². The Labute approximate surface area is 116 Å². The van der Waals surface area contributed by atoms with Gasteiger partial charge in [0.25, 0.3) is 10.2 Å². The highest BCUT2D eigenvalue weighted by Crippen LogP contribution is 2.25. The molecule has 0 aliphatic heterocycles. The Hall–Kier alpha value is -1.84. The van der Waals surface area contributed by atoms with Crippen molar-refractivity contribution in [3.63, 3.8) is 0 Å². The molecule has 0 saturated heterocycles. The minimum Gasteiger partial charge on any atom is -0.504 e. The Bertz CT molecular complexity index is 599. The smallest absolute Gasteiger partial charge is 0.322 e. The molecule has 0 aliphatic carbocycles. The van der Waals surface area contributed by atoms with Gasteiger partial charge in [-0.1, -0.05) is 6.07 Å². The maximum absolute atomic E-state index is 11.6. The van der Waals surface area contributed by atoms with E-state index in [1.807, 2.05) is 4.72 Å². The quantitative estimate of drug-likeness (QED) is 0.524. The highest BCUT2D eigenvalue weighted by Gasteiger charge is 2.25. The molecule has 0 bridgehead atoms. The molecule has 0 radical (unpaired) electrons. The highest BCUT2D eigenvalue weighted by atomic mass is 32.2. The molecule has 0 fully saturated rings. The number of carbonyl (C=O) groups is 1. The molecular formula is C11H16N2O6S. The van der Waals surface area contributed by atoms with E-state index in [9.17, 15) is 18.3 Å². The van der Waals surface area contributed by atoms with Crippen molar-refractivity contribution in [2.75, 3.05) is 14.1 Å². The fourth-order valence-electron chi connectivity index (χ4n) is 1.40. The van der Waals surface area contributed by atoms with Crippen molar-refractivity contribution < 1.29 is 28.5 Å². The van der Waals surface area contributed by atoms with Crippen LogP contribution >= 0.6 is 0 Å². The summed E-state index contributed by atoms with van der Waals surface area (Å²) in [4.78, 5) is 11.1. The standard InChI is InChI=1S/C11H16N2O6S/c1-13(2)20(18,19)12-8(11(16)17)5-7-3-4-9(14)10(15)6-7/h3-4,6,8,12,14-15H,5H2,1-2H3,(H,16,17)/t8-/m1/s1. The molecule has 0 amide bonds. The molecule has 1 aromatic rings. The van der Waals surface area contributed by atoms with Crippen molar-refractivity contribution in [3.8, 4) is 11.5 Å². The van der Waals surface area contributed by atoms with E-state index in [1.54, 1.807) is 0 Å². The van der Waals surface area contributed by atoms with Gasteiger partial charge in [0.15, 0.2) is 11.5 Å². The zero-order valence-corrected chi connectivity index (χ0v) is 11.8. The van der Waals surface area contributed by atoms with Crippen LogP contribution in [0, 0.1) is 0 Å². The molecule has 0 aromatic heterocycles. The number of nitrogens with one attached hydrogen (secondary N) is 1. The number of phenolic OH excluding ortho intramolecular Hbond substituents is 2. The zero-order valence-electron chi connectivity index (χ0n) is 10.9. The van der Waals surface area contributed by atoms with Crippen molar-refractivity contribution in [3.05, 3.63) is 23.8 Å². The summed E-state index contributed by atoms with van der Waals surface area (Å²) in [5.41, 5.74) is 0.370. The fraction of sp³-hybridized carbons (Fsp3) is 0.364. The molecule has 112 valence electrons. The third-order valence-corrected chi connectivity index (χ3v) is 4.09. The van der Waals surface area contributed by atoms with Gasteiger partial charge in [-0.15, -0.1) is 0 Å². The lowest BCUT2D eigenvalue weighted by Crippen LogP contribution is -2.47. The minimum atomic E-state index is -3.89. The van der Waals surface area contributed by atoms with E-state index >= 15 is 0 Å². The van der Waals surface area contributed by atoms with Crippen LogP contribution in [0.1, 0.15) is 5.56 Å². The second kappa shape index (κ2) is 6.07. The summed E-state index contributed by atoms with van der Waals surface area (Å²) >= 11 is 0. The van der Waals surface area contributed by atoms with Crippen LogP contribution < -0.4 is 4.72 Å². The molecule has 1 aromatic carbocycles. The van der Waals surface area contributed by atoms with E-state index in [0.29, 0.717) is 5.56 Å². The fourth-order valence-corrected chi connectivity index (χ4v) is 2.15. The molecule has 0 spiro atoms. The largest absolute Gasteiger partial charge is 0.504 e. The summed E-state index contributed by atoms with van der Waals surface area (Å²) in [6.45, 7) is 0. The second-order valence-corrected chi connectivity index (χ2v) is 6.24. The molecule has 0 unspecified atom stereocenters. The first-order valence-electron chi connectivity index (χ1n) is 5.57. The molecule has 1 rings (SSSR count). The monoisotopic (exact) mass is 304 g/mol. The highest BCUT2D eigenvalue weighted by molar-refractivity contribution is 7.87. The third kappa shape index (κ3) is 4.08. The molecule has 0 aliphatic rings. The van der Waals surface area contributed by atoms with Gasteiger partial charge in [-0.3, -0.25) is 4.79 Å². The molecule has 0 saturated carbocycles. The average Bonchev–Trinajstić information content (AvgIpc) is 2.32. The SMILES string of the molecule is CN(C)S(=O)(=O)N[C@H](Cc1ccc(O)c(O)c1)C(=O)O.